The molecule has 1 rings (SSSR count). The van der Waals surface area contributed by atoms with Gasteiger partial charge in [0.1, 0.15) is 0 Å². The molecular weight excluding hydrogens is 215 g/mol. The van der Waals surface area contributed by atoms with Gasteiger partial charge in [0.25, 0.3) is 0 Å². The van der Waals surface area contributed by atoms with Crippen molar-refractivity contribution in [2.75, 3.05) is 0 Å². The van der Waals surface area contributed by atoms with Gasteiger partial charge in [-0.2, -0.15) is 0 Å². The Morgan fingerprint density at radius 2 is 1.45 bits per heavy atom. The Morgan fingerprint density at radius 1 is 1.09 bits per heavy atom. The molecule has 0 aromatic carbocycles. The standard InChI is InChI=1S/C6H4O4Se/c7-5(8)3-1-2-4(11-3)6(9)10/h1-2H,(H,7,8)(H,9,10). The molecule has 0 saturated heterocycles. The summed E-state index contributed by atoms with van der Waals surface area (Å²) in [7, 11) is 0. The van der Waals surface area contributed by atoms with E-state index in [1.54, 1.807) is 0 Å². The molecule has 0 aliphatic heterocycles. The monoisotopic (exact) mass is 220 g/mol. The van der Waals surface area contributed by atoms with Crippen LogP contribution in [0.3, 0.4) is 0 Å². The number of carbonyl (C=O) groups is 2. The molecule has 4 nitrogen and oxygen atoms in total. The van der Waals surface area contributed by atoms with Gasteiger partial charge in [0.2, 0.25) is 0 Å². The van der Waals surface area contributed by atoms with Crippen molar-refractivity contribution in [2.45, 2.75) is 0 Å². The van der Waals surface area contributed by atoms with Crippen LogP contribution in [0.5, 0.6) is 0 Å². The van der Waals surface area contributed by atoms with E-state index in [2.05, 4.69) is 0 Å². The van der Waals surface area contributed by atoms with Crippen LogP contribution >= 0.6 is 0 Å². The molecule has 0 saturated carbocycles. The van der Waals surface area contributed by atoms with Crippen LogP contribution in [0.1, 0.15) is 18.5 Å². The fourth-order valence-corrected chi connectivity index (χ4v) is 2.00. The topological polar surface area (TPSA) is 74.6 Å². The molecule has 0 unspecified atom stereocenters. The SMILES string of the molecule is O=C(O)c1ccc(C(=O)O)[se]1. The van der Waals surface area contributed by atoms with E-state index in [1.165, 1.54) is 12.1 Å². The van der Waals surface area contributed by atoms with Gasteiger partial charge in [0.15, 0.2) is 0 Å². The second-order valence-corrected chi connectivity index (χ2v) is 4.05. The van der Waals surface area contributed by atoms with E-state index in [0.717, 1.165) is 0 Å². The molecule has 0 amide bonds. The van der Waals surface area contributed by atoms with Crippen LogP contribution in [0, 0.1) is 0 Å². The van der Waals surface area contributed by atoms with E-state index in [9.17, 15) is 9.59 Å². The molecule has 0 aliphatic rings. The van der Waals surface area contributed by atoms with Crippen LogP contribution < -0.4 is 0 Å². The quantitative estimate of drug-likeness (QED) is 0.693. The first-order valence-electron chi connectivity index (χ1n) is 2.67. The first-order chi connectivity index (χ1) is 5.11. The average molecular weight is 219 g/mol. The third-order valence-electron chi connectivity index (χ3n) is 1.03. The molecule has 0 aliphatic carbocycles. The van der Waals surface area contributed by atoms with E-state index >= 15 is 0 Å². The molecule has 1 heterocycles. The van der Waals surface area contributed by atoms with Crippen molar-refractivity contribution in [1.29, 1.82) is 0 Å². The summed E-state index contributed by atoms with van der Waals surface area (Å²) >= 11 is -0.530. The Morgan fingerprint density at radius 3 is 1.64 bits per heavy atom. The molecule has 1 aromatic heterocycles. The van der Waals surface area contributed by atoms with Crippen molar-refractivity contribution >= 4 is 26.4 Å². The Hall–Kier alpha value is -1.06. The van der Waals surface area contributed by atoms with Gasteiger partial charge in [-0.25, -0.2) is 0 Å². The zero-order chi connectivity index (χ0) is 8.43. The molecule has 0 bridgehead atoms. The third kappa shape index (κ3) is 1.69. The van der Waals surface area contributed by atoms with Crippen LogP contribution in [0.15, 0.2) is 12.1 Å². The zero-order valence-corrected chi connectivity index (χ0v) is 6.99. The first kappa shape index (κ1) is 8.04. The fourth-order valence-electron chi connectivity index (χ4n) is 0.568. The number of hydrogen-bond acceptors (Lipinski definition) is 2. The van der Waals surface area contributed by atoms with Gasteiger partial charge in [-0.3, -0.25) is 0 Å². The van der Waals surface area contributed by atoms with Crippen LogP contribution in [0.25, 0.3) is 0 Å². The van der Waals surface area contributed by atoms with Gasteiger partial charge in [-0.05, 0) is 0 Å². The summed E-state index contributed by atoms with van der Waals surface area (Å²) in [5, 5.41) is 16.9. The van der Waals surface area contributed by atoms with Crippen molar-refractivity contribution in [3.63, 3.8) is 0 Å². The van der Waals surface area contributed by atoms with Crippen LogP contribution in [0.2, 0.25) is 0 Å². The van der Waals surface area contributed by atoms with Crippen molar-refractivity contribution in [2.24, 2.45) is 0 Å². The third-order valence-corrected chi connectivity index (χ3v) is 3.25. The maximum absolute atomic E-state index is 10.3. The predicted molar refractivity (Wildman–Crippen MR) is 37.3 cm³/mol. The van der Waals surface area contributed by atoms with E-state index in [1.807, 2.05) is 0 Å². The Kier molecular flexibility index (Phi) is 2.12. The Balaban J connectivity index is 2.99. The summed E-state index contributed by atoms with van der Waals surface area (Å²) in [5.41, 5.74) is 0. The van der Waals surface area contributed by atoms with Crippen molar-refractivity contribution < 1.29 is 19.8 Å². The summed E-state index contributed by atoms with van der Waals surface area (Å²) in [6, 6.07) is 2.68. The molecule has 58 valence electrons. The number of carboxylic acids is 2. The van der Waals surface area contributed by atoms with E-state index < -0.39 is 26.4 Å². The molecule has 1 aromatic rings. The minimum absolute atomic E-state index is 0.190. The van der Waals surface area contributed by atoms with Crippen molar-refractivity contribution in [3.05, 3.63) is 21.0 Å². The van der Waals surface area contributed by atoms with E-state index in [-0.39, 0.29) is 8.87 Å². The molecule has 11 heavy (non-hydrogen) atoms. The molecule has 5 heteroatoms. The second kappa shape index (κ2) is 2.90. The summed E-state index contributed by atoms with van der Waals surface area (Å²) in [5.74, 6) is -2.06. The number of hydrogen-bond donors (Lipinski definition) is 2. The van der Waals surface area contributed by atoms with Gasteiger partial charge in [-0.15, -0.1) is 0 Å². The van der Waals surface area contributed by atoms with Gasteiger partial charge in [0, 0.05) is 0 Å². The molecule has 0 fully saturated rings. The van der Waals surface area contributed by atoms with Crippen molar-refractivity contribution in [1.82, 2.24) is 0 Å². The Labute approximate surface area is 67.8 Å². The normalized spacial score (nSPS) is 9.45. The van der Waals surface area contributed by atoms with Gasteiger partial charge in [0.05, 0.1) is 0 Å². The van der Waals surface area contributed by atoms with Crippen LogP contribution in [-0.2, 0) is 0 Å². The zero-order valence-electron chi connectivity index (χ0n) is 5.27. The number of carboxylic acid groups (broad SMARTS) is 2. The van der Waals surface area contributed by atoms with E-state index in [0.29, 0.717) is 0 Å². The second-order valence-electron chi connectivity index (χ2n) is 1.77. The summed E-state index contributed by atoms with van der Waals surface area (Å²) in [4.78, 5) is 20.6. The van der Waals surface area contributed by atoms with Gasteiger partial charge >= 0.3 is 67.3 Å². The molecule has 2 N–H and O–H groups in total. The van der Waals surface area contributed by atoms with Gasteiger partial charge < -0.3 is 0 Å². The van der Waals surface area contributed by atoms with E-state index in [4.69, 9.17) is 10.2 Å². The average Bonchev–Trinajstić information content (AvgIpc) is 2.33. The maximum atomic E-state index is 10.3. The number of rotatable bonds is 2. The van der Waals surface area contributed by atoms with Crippen LogP contribution in [0.4, 0.5) is 0 Å². The van der Waals surface area contributed by atoms with Gasteiger partial charge in [-0.1, -0.05) is 0 Å². The summed E-state index contributed by atoms with van der Waals surface area (Å²) in [6.45, 7) is 0. The predicted octanol–water partition coefficient (Wildman–Crippen LogP) is 0.140. The molecule has 0 radical (unpaired) electrons. The Bertz CT molecular complexity index is 273. The first-order valence-corrected chi connectivity index (χ1v) is 4.39. The molecule has 0 spiro atoms. The molecule has 0 atom stereocenters. The fraction of sp³-hybridized carbons (Fsp3) is 0. The number of aromatic carboxylic acids is 2. The molecular formula is C6H4O4Se. The summed E-state index contributed by atoms with van der Waals surface area (Å²) in [6.07, 6.45) is 0. The minimum atomic E-state index is -1.03. The summed E-state index contributed by atoms with van der Waals surface area (Å²) < 4.78 is 0.379. The van der Waals surface area contributed by atoms with Crippen LogP contribution in [-0.4, -0.2) is 36.7 Å². The van der Waals surface area contributed by atoms with Crippen molar-refractivity contribution in [3.8, 4) is 0 Å².